The number of hydrogen-bond donors (Lipinski definition) is 2. The predicted molar refractivity (Wildman–Crippen MR) is 73.6 cm³/mol. The fourth-order valence-electron chi connectivity index (χ4n) is 1.50. The maximum absolute atomic E-state index is 11.8. The quantitative estimate of drug-likeness (QED) is 0.479. The van der Waals surface area contributed by atoms with Gasteiger partial charge >= 0.3 is 0 Å². The van der Waals surface area contributed by atoms with Gasteiger partial charge in [-0.05, 0) is 18.6 Å². The van der Waals surface area contributed by atoms with Crippen molar-refractivity contribution in [3.63, 3.8) is 0 Å². The lowest BCUT2D eigenvalue weighted by Gasteiger charge is -2.08. The topological polar surface area (TPSA) is 101 Å². The highest BCUT2D eigenvalue weighted by molar-refractivity contribution is 6.00. The van der Waals surface area contributed by atoms with Gasteiger partial charge in [-0.15, -0.1) is 0 Å². The monoisotopic (exact) mass is 277 g/mol. The Bertz CT molecular complexity index is 566. The van der Waals surface area contributed by atoms with Crippen molar-refractivity contribution in [3.8, 4) is 0 Å². The van der Waals surface area contributed by atoms with Gasteiger partial charge in [-0.25, -0.2) is 0 Å². The third-order valence-electron chi connectivity index (χ3n) is 2.28. The minimum atomic E-state index is -0.526. The Hall–Kier alpha value is -2.70. The summed E-state index contributed by atoms with van der Waals surface area (Å²) in [4.78, 5) is 33.0. The van der Waals surface area contributed by atoms with E-state index in [1.165, 1.54) is 31.2 Å². The van der Waals surface area contributed by atoms with Crippen molar-refractivity contribution in [2.24, 2.45) is 0 Å². The van der Waals surface area contributed by atoms with Gasteiger partial charge in [0.15, 0.2) is 0 Å². The van der Waals surface area contributed by atoms with Gasteiger partial charge in [0, 0.05) is 25.6 Å². The van der Waals surface area contributed by atoms with E-state index in [0.29, 0.717) is 12.1 Å². The molecule has 2 amide bonds. The summed E-state index contributed by atoms with van der Waals surface area (Å²) >= 11 is 0. The van der Waals surface area contributed by atoms with Crippen molar-refractivity contribution in [3.05, 3.63) is 45.6 Å². The van der Waals surface area contributed by atoms with E-state index in [1.807, 2.05) is 0 Å². The minimum absolute atomic E-state index is 0.0415. The summed E-state index contributed by atoms with van der Waals surface area (Å²) in [6, 6.07) is 5.78. The van der Waals surface area contributed by atoms with E-state index in [-0.39, 0.29) is 11.4 Å². The van der Waals surface area contributed by atoms with Crippen LogP contribution in [-0.2, 0) is 9.59 Å². The molecule has 7 nitrogen and oxygen atoms in total. The number of hydrogen-bond acceptors (Lipinski definition) is 4. The number of benzene rings is 1. The van der Waals surface area contributed by atoms with Crippen molar-refractivity contribution < 1.29 is 14.5 Å². The molecule has 106 valence electrons. The van der Waals surface area contributed by atoms with Gasteiger partial charge < -0.3 is 10.6 Å². The fraction of sp³-hybridized carbons (Fsp3) is 0.231. The molecule has 0 bridgehead atoms. The molecule has 0 saturated heterocycles. The van der Waals surface area contributed by atoms with E-state index in [0.717, 1.165) is 0 Å². The normalized spacial score (nSPS) is 10.8. The van der Waals surface area contributed by atoms with Crippen LogP contribution in [0.5, 0.6) is 0 Å². The van der Waals surface area contributed by atoms with Crippen LogP contribution < -0.4 is 10.6 Å². The number of nitro groups is 1. The molecular weight excluding hydrogens is 262 g/mol. The predicted octanol–water partition coefficient (Wildman–Crippen LogP) is 1.21. The first-order chi connectivity index (χ1) is 9.43. The van der Waals surface area contributed by atoms with E-state index < -0.39 is 16.7 Å². The van der Waals surface area contributed by atoms with Crippen LogP contribution in [0.4, 0.5) is 5.69 Å². The zero-order chi connectivity index (χ0) is 15.1. The minimum Gasteiger partial charge on any atom is -0.351 e. The largest absolute Gasteiger partial charge is 0.351 e. The summed E-state index contributed by atoms with van der Waals surface area (Å²) in [7, 11) is 0. The van der Waals surface area contributed by atoms with E-state index >= 15 is 0 Å². The molecule has 0 heterocycles. The van der Waals surface area contributed by atoms with Crippen molar-refractivity contribution in [1.29, 1.82) is 0 Å². The van der Waals surface area contributed by atoms with E-state index in [1.54, 1.807) is 13.0 Å². The van der Waals surface area contributed by atoms with Crippen molar-refractivity contribution in [1.82, 2.24) is 10.6 Å². The first-order valence-electron chi connectivity index (χ1n) is 5.96. The fourth-order valence-corrected chi connectivity index (χ4v) is 1.50. The highest BCUT2D eigenvalue weighted by atomic mass is 16.6. The first kappa shape index (κ1) is 15.4. The Labute approximate surface area is 115 Å². The molecule has 0 aliphatic heterocycles. The summed E-state index contributed by atoms with van der Waals surface area (Å²) in [5.74, 6) is -0.845. The van der Waals surface area contributed by atoms with Crippen LogP contribution in [0.15, 0.2) is 30.0 Å². The summed E-state index contributed by atoms with van der Waals surface area (Å²) in [5.41, 5.74) is 0.408. The highest BCUT2D eigenvalue weighted by Gasteiger charge is 2.11. The van der Waals surface area contributed by atoms with E-state index in [9.17, 15) is 19.7 Å². The van der Waals surface area contributed by atoms with Gasteiger partial charge in [0.1, 0.15) is 5.70 Å². The van der Waals surface area contributed by atoms with Crippen LogP contribution in [0, 0.1) is 10.1 Å². The first-order valence-corrected chi connectivity index (χ1v) is 5.96. The summed E-state index contributed by atoms with van der Waals surface area (Å²) < 4.78 is 0. The average Bonchev–Trinajstić information content (AvgIpc) is 2.38. The van der Waals surface area contributed by atoms with Gasteiger partial charge in [0.05, 0.1) is 4.92 Å². The van der Waals surface area contributed by atoms with E-state index in [4.69, 9.17) is 0 Å². The third-order valence-corrected chi connectivity index (χ3v) is 2.28. The smallest absolute Gasteiger partial charge is 0.270 e. The Balaban J connectivity index is 3.11. The molecule has 0 aliphatic rings. The summed E-state index contributed by atoms with van der Waals surface area (Å²) in [5, 5.41) is 15.6. The zero-order valence-corrected chi connectivity index (χ0v) is 11.2. The van der Waals surface area contributed by atoms with Crippen LogP contribution in [-0.4, -0.2) is 23.3 Å². The van der Waals surface area contributed by atoms with Crippen molar-refractivity contribution in [2.75, 3.05) is 6.54 Å². The SMILES string of the molecule is CCNC(=O)/C(=C/c1cccc([N+](=O)[O-])c1)NC(C)=O. The molecule has 0 saturated carbocycles. The maximum atomic E-state index is 11.8. The lowest BCUT2D eigenvalue weighted by Crippen LogP contribution is -2.33. The molecular formula is C13H15N3O4. The Morgan fingerprint density at radius 1 is 1.40 bits per heavy atom. The number of likely N-dealkylation sites (N-methyl/N-ethyl adjacent to an activating group) is 1. The van der Waals surface area contributed by atoms with Crippen LogP contribution in [0.1, 0.15) is 19.4 Å². The molecule has 0 atom stereocenters. The number of amides is 2. The highest BCUT2D eigenvalue weighted by Crippen LogP contribution is 2.15. The molecule has 20 heavy (non-hydrogen) atoms. The summed E-state index contributed by atoms with van der Waals surface area (Å²) in [6.07, 6.45) is 1.39. The molecule has 2 N–H and O–H groups in total. The van der Waals surface area contributed by atoms with Crippen LogP contribution in [0.2, 0.25) is 0 Å². The molecule has 1 rings (SSSR count). The van der Waals surface area contributed by atoms with Crippen LogP contribution in [0.3, 0.4) is 0 Å². The molecule has 1 aromatic carbocycles. The number of nitrogens with zero attached hydrogens (tertiary/aromatic N) is 1. The lowest BCUT2D eigenvalue weighted by molar-refractivity contribution is -0.384. The Morgan fingerprint density at radius 3 is 2.65 bits per heavy atom. The average molecular weight is 277 g/mol. The second kappa shape index (κ2) is 7.03. The number of carbonyl (C=O) groups excluding carboxylic acids is 2. The Kier molecular flexibility index (Phi) is 5.40. The number of rotatable bonds is 5. The van der Waals surface area contributed by atoms with Crippen LogP contribution in [0.25, 0.3) is 6.08 Å². The molecule has 1 aromatic rings. The van der Waals surface area contributed by atoms with Crippen molar-refractivity contribution >= 4 is 23.6 Å². The van der Waals surface area contributed by atoms with Gasteiger partial charge in [0.2, 0.25) is 5.91 Å². The maximum Gasteiger partial charge on any atom is 0.270 e. The number of carbonyl (C=O) groups is 2. The molecule has 0 radical (unpaired) electrons. The number of nitrogens with one attached hydrogen (secondary N) is 2. The van der Waals surface area contributed by atoms with E-state index in [2.05, 4.69) is 10.6 Å². The number of nitro benzene ring substituents is 1. The van der Waals surface area contributed by atoms with Crippen molar-refractivity contribution in [2.45, 2.75) is 13.8 Å². The molecule has 0 fully saturated rings. The molecule has 0 aromatic heterocycles. The second-order valence-corrected chi connectivity index (χ2v) is 3.95. The van der Waals surface area contributed by atoms with Gasteiger partial charge in [0.25, 0.3) is 11.6 Å². The third kappa shape index (κ3) is 4.52. The second-order valence-electron chi connectivity index (χ2n) is 3.95. The lowest BCUT2D eigenvalue weighted by atomic mass is 10.1. The molecule has 0 unspecified atom stereocenters. The standard InChI is InChI=1S/C13H15N3O4/c1-3-14-13(18)12(15-9(2)17)8-10-5-4-6-11(7-10)16(19)20/h4-8H,3H2,1-2H3,(H,14,18)(H,15,17)/b12-8-. The number of non-ortho nitro benzene ring substituents is 1. The van der Waals surface area contributed by atoms with Gasteiger partial charge in [-0.1, -0.05) is 12.1 Å². The zero-order valence-electron chi connectivity index (χ0n) is 11.2. The molecule has 0 spiro atoms. The Morgan fingerprint density at radius 2 is 2.10 bits per heavy atom. The molecule has 0 aliphatic carbocycles. The van der Waals surface area contributed by atoms with Gasteiger partial charge in [-0.3, -0.25) is 19.7 Å². The summed E-state index contributed by atoms with van der Waals surface area (Å²) in [6.45, 7) is 3.43. The molecule has 7 heteroatoms. The van der Waals surface area contributed by atoms with Gasteiger partial charge in [-0.2, -0.15) is 0 Å². The van der Waals surface area contributed by atoms with Crippen LogP contribution >= 0.6 is 0 Å².